The van der Waals surface area contributed by atoms with Crippen LogP contribution in [0.25, 0.3) is 16.6 Å². The Morgan fingerprint density at radius 2 is 1.77 bits per heavy atom. The second-order valence-electron chi connectivity index (χ2n) is 9.87. The topological polar surface area (TPSA) is 61.4 Å². The van der Waals surface area contributed by atoms with Gasteiger partial charge in [-0.3, -0.25) is 4.79 Å². The zero-order valence-electron chi connectivity index (χ0n) is 22.9. The zero-order chi connectivity index (χ0) is 28.4. The zero-order valence-corrected chi connectivity index (χ0v) is 25.2. The van der Waals surface area contributed by atoms with Crippen LogP contribution in [0.2, 0.25) is 5.02 Å². The summed E-state index contributed by atoms with van der Waals surface area (Å²) >= 11 is 9.44. The summed E-state index contributed by atoms with van der Waals surface area (Å²) in [5.74, 6) is 1.52. The summed E-state index contributed by atoms with van der Waals surface area (Å²) in [6.45, 7) is 8.72. The number of ether oxygens (including phenoxy) is 1. The molecule has 1 atom stereocenters. The van der Waals surface area contributed by atoms with Crippen molar-refractivity contribution in [2.24, 2.45) is 5.10 Å². The van der Waals surface area contributed by atoms with E-state index in [4.69, 9.17) is 21.3 Å². The van der Waals surface area contributed by atoms with E-state index >= 15 is 0 Å². The van der Waals surface area contributed by atoms with Gasteiger partial charge in [0.15, 0.2) is 0 Å². The Labute approximate surface area is 247 Å². The van der Waals surface area contributed by atoms with Crippen LogP contribution in [0.4, 0.5) is 0 Å². The van der Waals surface area contributed by atoms with Gasteiger partial charge in [0.25, 0.3) is 5.56 Å². The molecule has 0 saturated heterocycles. The van der Waals surface area contributed by atoms with Gasteiger partial charge in [-0.2, -0.15) is 9.78 Å². The minimum absolute atomic E-state index is 0.0748. The van der Waals surface area contributed by atoms with E-state index in [1.807, 2.05) is 67.6 Å². The lowest BCUT2D eigenvalue weighted by atomic mass is 10.1. The molecule has 5 rings (SSSR count). The molecule has 0 N–H and O–H groups in total. The van der Waals surface area contributed by atoms with Crippen LogP contribution in [-0.4, -0.2) is 20.4 Å². The molecule has 40 heavy (non-hydrogen) atoms. The van der Waals surface area contributed by atoms with E-state index in [9.17, 15) is 4.79 Å². The molecule has 3 aromatic carbocycles. The average Bonchev–Trinajstić information content (AvgIpc) is 3.24. The highest BCUT2D eigenvalue weighted by Gasteiger charge is 2.16. The fourth-order valence-electron chi connectivity index (χ4n) is 4.65. The second-order valence-corrected chi connectivity index (χ2v) is 11.2. The van der Waals surface area contributed by atoms with Crippen molar-refractivity contribution in [3.63, 3.8) is 0 Å². The van der Waals surface area contributed by atoms with Gasteiger partial charge >= 0.3 is 0 Å². The molecule has 0 amide bonds. The maximum absolute atomic E-state index is 13.5. The lowest BCUT2D eigenvalue weighted by Crippen LogP contribution is -2.23. The Kier molecular flexibility index (Phi) is 8.24. The maximum atomic E-state index is 13.5. The summed E-state index contributed by atoms with van der Waals surface area (Å²) in [6, 6.07) is 23.3. The minimum atomic E-state index is -0.180. The number of fused-ring (bicyclic) bond motifs is 1. The van der Waals surface area contributed by atoms with Crippen LogP contribution in [0, 0.1) is 13.8 Å². The Balaban J connectivity index is 1.43. The summed E-state index contributed by atoms with van der Waals surface area (Å²) in [4.78, 5) is 18.3. The smallest absolute Gasteiger partial charge is 0.282 e. The maximum Gasteiger partial charge on any atom is 0.282 e. The number of rotatable bonds is 8. The third-order valence-corrected chi connectivity index (χ3v) is 7.83. The lowest BCUT2D eigenvalue weighted by molar-refractivity contribution is 0.306. The molecule has 0 fully saturated rings. The quantitative estimate of drug-likeness (QED) is 0.165. The van der Waals surface area contributed by atoms with E-state index in [1.54, 1.807) is 12.3 Å². The number of halogens is 2. The average molecular weight is 618 g/mol. The number of nitrogens with zero attached hydrogens (tertiary/aromatic N) is 4. The van der Waals surface area contributed by atoms with Gasteiger partial charge in [-0.25, -0.2) is 4.98 Å². The van der Waals surface area contributed by atoms with Gasteiger partial charge < -0.3 is 9.30 Å². The van der Waals surface area contributed by atoms with Gasteiger partial charge in [0.05, 0.1) is 17.1 Å². The molecular formula is C32H30BrClN4O2. The second kappa shape index (κ2) is 11.8. The highest BCUT2D eigenvalue weighted by molar-refractivity contribution is 9.10. The molecule has 8 heteroatoms. The summed E-state index contributed by atoms with van der Waals surface area (Å²) < 4.78 is 10.4. The van der Waals surface area contributed by atoms with E-state index in [0.717, 1.165) is 44.8 Å². The Bertz CT molecular complexity index is 1760. The van der Waals surface area contributed by atoms with Gasteiger partial charge in [-0.1, -0.05) is 53.5 Å². The van der Waals surface area contributed by atoms with Gasteiger partial charge in [0.2, 0.25) is 0 Å². The van der Waals surface area contributed by atoms with Crippen LogP contribution in [-0.2, 0) is 6.61 Å². The third kappa shape index (κ3) is 5.76. The molecule has 6 nitrogen and oxygen atoms in total. The molecule has 0 saturated carbocycles. The van der Waals surface area contributed by atoms with Crippen molar-refractivity contribution in [3.8, 4) is 11.4 Å². The number of aromatic nitrogens is 3. The summed E-state index contributed by atoms with van der Waals surface area (Å²) in [5, 5.41) is 5.90. The SMILES string of the molecule is CC[C@@H](C)c1nc2ccc(Br)cc2c(=O)n1N=Cc1cc(C)n(-c2ccc(OCc3ccc(Cl)cc3)cc2)c1C. The highest BCUT2D eigenvalue weighted by atomic mass is 79.9. The molecule has 0 bridgehead atoms. The van der Waals surface area contributed by atoms with Crippen LogP contribution >= 0.6 is 27.5 Å². The third-order valence-electron chi connectivity index (χ3n) is 7.08. The molecule has 2 heterocycles. The van der Waals surface area contributed by atoms with Crippen LogP contribution in [0.5, 0.6) is 5.75 Å². The largest absolute Gasteiger partial charge is 0.489 e. The Hall–Kier alpha value is -3.68. The van der Waals surface area contributed by atoms with Crippen LogP contribution < -0.4 is 10.3 Å². The Morgan fingerprint density at radius 3 is 2.48 bits per heavy atom. The predicted octanol–water partition coefficient (Wildman–Crippen LogP) is 8.19. The van der Waals surface area contributed by atoms with E-state index in [2.05, 4.69) is 52.4 Å². The van der Waals surface area contributed by atoms with Crippen molar-refractivity contribution in [1.82, 2.24) is 14.2 Å². The molecular weight excluding hydrogens is 588 g/mol. The van der Waals surface area contributed by atoms with Crippen molar-refractivity contribution in [3.05, 3.63) is 121 Å². The van der Waals surface area contributed by atoms with Crippen LogP contribution in [0.15, 0.2) is 87.2 Å². The summed E-state index contributed by atoms with van der Waals surface area (Å²) in [5.41, 5.74) is 5.57. The van der Waals surface area contributed by atoms with Crippen molar-refractivity contribution in [2.75, 3.05) is 0 Å². The van der Waals surface area contributed by atoms with Crippen molar-refractivity contribution >= 4 is 44.6 Å². The van der Waals surface area contributed by atoms with E-state index in [0.29, 0.717) is 28.4 Å². The molecule has 204 valence electrons. The molecule has 2 aromatic heterocycles. The standard InChI is InChI=1S/C32H30BrClN4O2/c1-5-20(2)31-36-30-15-8-25(33)17-29(30)32(39)38(31)35-18-24-16-21(3)37(22(24)4)27-11-13-28(14-12-27)40-19-23-6-9-26(34)10-7-23/h6-18,20H,5,19H2,1-4H3/t20-/m1/s1. The summed E-state index contributed by atoms with van der Waals surface area (Å²) in [6.07, 6.45) is 2.60. The first-order valence-corrected chi connectivity index (χ1v) is 14.4. The molecule has 0 aliphatic carbocycles. The summed E-state index contributed by atoms with van der Waals surface area (Å²) in [7, 11) is 0. The van der Waals surface area contributed by atoms with Crippen molar-refractivity contribution in [1.29, 1.82) is 0 Å². The lowest BCUT2D eigenvalue weighted by Gasteiger charge is -2.14. The van der Waals surface area contributed by atoms with Gasteiger partial charge in [0, 0.05) is 38.1 Å². The van der Waals surface area contributed by atoms with E-state index in [-0.39, 0.29) is 11.5 Å². The monoisotopic (exact) mass is 616 g/mol. The fourth-order valence-corrected chi connectivity index (χ4v) is 5.14. The van der Waals surface area contributed by atoms with Crippen LogP contribution in [0.3, 0.4) is 0 Å². The molecule has 0 aliphatic heterocycles. The first-order chi connectivity index (χ1) is 19.2. The first kappa shape index (κ1) is 27.9. The highest BCUT2D eigenvalue weighted by Crippen LogP contribution is 2.24. The van der Waals surface area contributed by atoms with Crippen molar-refractivity contribution < 1.29 is 4.74 Å². The molecule has 0 radical (unpaired) electrons. The normalized spacial score (nSPS) is 12.3. The van der Waals surface area contributed by atoms with Crippen molar-refractivity contribution in [2.45, 2.75) is 46.6 Å². The number of aryl methyl sites for hydroxylation is 1. The van der Waals surface area contributed by atoms with E-state index in [1.165, 1.54) is 4.68 Å². The number of hydrogen-bond acceptors (Lipinski definition) is 4. The number of hydrogen-bond donors (Lipinski definition) is 0. The first-order valence-electron chi connectivity index (χ1n) is 13.2. The minimum Gasteiger partial charge on any atom is -0.489 e. The van der Waals surface area contributed by atoms with E-state index < -0.39 is 0 Å². The van der Waals surface area contributed by atoms with Gasteiger partial charge in [-0.15, -0.1) is 0 Å². The predicted molar refractivity (Wildman–Crippen MR) is 166 cm³/mol. The number of benzene rings is 3. The van der Waals surface area contributed by atoms with Gasteiger partial charge in [-0.05, 0) is 86.5 Å². The molecule has 5 aromatic rings. The molecule has 0 unspecified atom stereocenters. The molecule has 0 spiro atoms. The van der Waals surface area contributed by atoms with Gasteiger partial charge in [0.1, 0.15) is 18.2 Å². The van der Waals surface area contributed by atoms with Crippen LogP contribution in [0.1, 0.15) is 54.5 Å². The fraction of sp³-hybridized carbons (Fsp3) is 0.219. The molecule has 0 aliphatic rings. The Morgan fingerprint density at radius 1 is 1.05 bits per heavy atom.